The van der Waals surface area contributed by atoms with E-state index < -0.39 is 0 Å². The summed E-state index contributed by atoms with van der Waals surface area (Å²) in [5, 5.41) is 0. The lowest BCUT2D eigenvalue weighted by Gasteiger charge is -2.29. The number of hydrogen-bond acceptors (Lipinski definition) is 1. The molecule has 1 rings (SSSR count). The van der Waals surface area contributed by atoms with Gasteiger partial charge in [-0.1, -0.05) is 46.5 Å². The minimum absolute atomic E-state index is 0.903. The fourth-order valence-corrected chi connectivity index (χ4v) is 2.72. The molecule has 96 valence electrons. The van der Waals surface area contributed by atoms with Gasteiger partial charge in [0.1, 0.15) is 0 Å². The van der Waals surface area contributed by atoms with Crippen LogP contribution >= 0.6 is 0 Å². The number of rotatable bonds is 7. The SMILES string of the molecule is CCC(C)CCN(CC)CC1CCCCC1. The van der Waals surface area contributed by atoms with E-state index in [9.17, 15) is 0 Å². The molecule has 0 aromatic heterocycles. The zero-order valence-electron chi connectivity index (χ0n) is 11.7. The van der Waals surface area contributed by atoms with Crippen molar-refractivity contribution in [2.45, 2.75) is 65.7 Å². The highest BCUT2D eigenvalue weighted by Gasteiger charge is 2.16. The molecule has 0 aromatic rings. The molecule has 1 atom stereocenters. The van der Waals surface area contributed by atoms with Gasteiger partial charge in [-0.2, -0.15) is 0 Å². The van der Waals surface area contributed by atoms with Gasteiger partial charge in [-0.15, -0.1) is 0 Å². The summed E-state index contributed by atoms with van der Waals surface area (Å²) in [5.74, 6) is 1.91. The van der Waals surface area contributed by atoms with Gasteiger partial charge in [0.25, 0.3) is 0 Å². The Hall–Kier alpha value is -0.0400. The summed E-state index contributed by atoms with van der Waals surface area (Å²) >= 11 is 0. The van der Waals surface area contributed by atoms with Gasteiger partial charge in [-0.25, -0.2) is 0 Å². The third-order valence-corrected chi connectivity index (χ3v) is 4.32. The average molecular weight is 225 g/mol. The predicted molar refractivity (Wildman–Crippen MR) is 72.8 cm³/mol. The van der Waals surface area contributed by atoms with Crippen molar-refractivity contribution in [2.75, 3.05) is 19.6 Å². The van der Waals surface area contributed by atoms with Gasteiger partial charge in [0.05, 0.1) is 0 Å². The minimum Gasteiger partial charge on any atom is -0.303 e. The molecule has 0 N–H and O–H groups in total. The Morgan fingerprint density at radius 2 is 1.81 bits per heavy atom. The van der Waals surface area contributed by atoms with Gasteiger partial charge in [0.15, 0.2) is 0 Å². The van der Waals surface area contributed by atoms with Crippen LogP contribution in [0.5, 0.6) is 0 Å². The van der Waals surface area contributed by atoms with Crippen molar-refractivity contribution in [1.29, 1.82) is 0 Å². The normalized spacial score (nSPS) is 20.2. The van der Waals surface area contributed by atoms with E-state index in [1.807, 2.05) is 0 Å². The van der Waals surface area contributed by atoms with E-state index >= 15 is 0 Å². The molecule has 1 aliphatic carbocycles. The monoisotopic (exact) mass is 225 g/mol. The van der Waals surface area contributed by atoms with Gasteiger partial charge in [-0.3, -0.25) is 0 Å². The second kappa shape index (κ2) is 8.11. The lowest BCUT2D eigenvalue weighted by Crippen LogP contribution is -2.32. The largest absolute Gasteiger partial charge is 0.303 e. The highest BCUT2D eigenvalue weighted by Crippen LogP contribution is 2.24. The zero-order valence-corrected chi connectivity index (χ0v) is 11.7. The fourth-order valence-electron chi connectivity index (χ4n) is 2.72. The minimum atomic E-state index is 0.903. The summed E-state index contributed by atoms with van der Waals surface area (Å²) in [7, 11) is 0. The fraction of sp³-hybridized carbons (Fsp3) is 1.00. The van der Waals surface area contributed by atoms with Crippen molar-refractivity contribution in [3.05, 3.63) is 0 Å². The molecule has 0 spiro atoms. The first kappa shape index (κ1) is 14.0. The van der Waals surface area contributed by atoms with Crippen LogP contribution in [0.25, 0.3) is 0 Å². The predicted octanol–water partition coefficient (Wildman–Crippen LogP) is 4.32. The summed E-state index contributed by atoms with van der Waals surface area (Å²) in [6.45, 7) is 10.9. The van der Waals surface area contributed by atoms with E-state index in [1.54, 1.807) is 0 Å². The van der Waals surface area contributed by atoms with Crippen LogP contribution in [0.1, 0.15) is 65.7 Å². The first-order valence-corrected chi connectivity index (χ1v) is 7.48. The Labute approximate surface area is 103 Å². The third-order valence-electron chi connectivity index (χ3n) is 4.32. The van der Waals surface area contributed by atoms with Crippen LogP contribution in [-0.4, -0.2) is 24.5 Å². The van der Waals surface area contributed by atoms with Crippen LogP contribution in [-0.2, 0) is 0 Å². The molecule has 16 heavy (non-hydrogen) atoms. The number of hydrogen-bond donors (Lipinski definition) is 0. The summed E-state index contributed by atoms with van der Waals surface area (Å²) in [6.07, 6.45) is 10.1. The summed E-state index contributed by atoms with van der Waals surface area (Å²) in [4.78, 5) is 2.68. The molecule has 0 aromatic carbocycles. The van der Waals surface area contributed by atoms with Gasteiger partial charge < -0.3 is 4.90 Å². The molecule has 0 aliphatic heterocycles. The molecule has 0 heterocycles. The molecule has 1 nitrogen and oxygen atoms in total. The van der Waals surface area contributed by atoms with Crippen LogP contribution in [0.15, 0.2) is 0 Å². The standard InChI is InChI=1S/C15H31N/c1-4-14(3)11-12-16(5-2)13-15-9-7-6-8-10-15/h14-15H,4-13H2,1-3H3. The second-order valence-electron chi connectivity index (χ2n) is 5.70. The molecule has 0 bridgehead atoms. The van der Waals surface area contributed by atoms with E-state index in [-0.39, 0.29) is 0 Å². The molecule has 1 saturated carbocycles. The molecule has 1 unspecified atom stereocenters. The van der Waals surface area contributed by atoms with Gasteiger partial charge in [0.2, 0.25) is 0 Å². The first-order chi connectivity index (χ1) is 7.76. The van der Waals surface area contributed by atoms with Crippen molar-refractivity contribution < 1.29 is 0 Å². The molecule has 1 heteroatoms. The molecular weight excluding hydrogens is 194 g/mol. The second-order valence-corrected chi connectivity index (χ2v) is 5.70. The van der Waals surface area contributed by atoms with Gasteiger partial charge in [-0.05, 0) is 44.2 Å². The van der Waals surface area contributed by atoms with E-state index in [4.69, 9.17) is 0 Å². The van der Waals surface area contributed by atoms with Crippen molar-refractivity contribution in [3.63, 3.8) is 0 Å². The van der Waals surface area contributed by atoms with Gasteiger partial charge >= 0.3 is 0 Å². The Morgan fingerprint density at radius 1 is 1.12 bits per heavy atom. The maximum atomic E-state index is 2.68. The van der Waals surface area contributed by atoms with Crippen molar-refractivity contribution >= 4 is 0 Å². The summed E-state index contributed by atoms with van der Waals surface area (Å²) < 4.78 is 0. The highest BCUT2D eigenvalue weighted by molar-refractivity contribution is 4.70. The third kappa shape index (κ3) is 5.34. The topological polar surface area (TPSA) is 3.24 Å². The molecule has 0 radical (unpaired) electrons. The lowest BCUT2D eigenvalue weighted by atomic mass is 9.89. The van der Waals surface area contributed by atoms with Crippen LogP contribution in [0, 0.1) is 11.8 Å². The molecular formula is C15H31N. The zero-order chi connectivity index (χ0) is 11.8. The Morgan fingerprint density at radius 3 is 2.38 bits per heavy atom. The number of nitrogens with zero attached hydrogens (tertiary/aromatic N) is 1. The van der Waals surface area contributed by atoms with E-state index in [1.165, 1.54) is 64.6 Å². The van der Waals surface area contributed by atoms with Crippen LogP contribution < -0.4 is 0 Å². The van der Waals surface area contributed by atoms with E-state index in [0.717, 1.165) is 11.8 Å². The maximum Gasteiger partial charge on any atom is 0.000954 e. The van der Waals surface area contributed by atoms with Crippen molar-refractivity contribution in [1.82, 2.24) is 4.90 Å². The molecule has 0 amide bonds. The highest BCUT2D eigenvalue weighted by atomic mass is 15.1. The van der Waals surface area contributed by atoms with Crippen LogP contribution in [0.3, 0.4) is 0 Å². The lowest BCUT2D eigenvalue weighted by molar-refractivity contribution is 0.198. The smallest absolute Gasteiger partial charge is 0.000954 e. The molecule has 0 saturated heterocycles. The molecule has 1 fully saturated rings. The quantitative estimate of drug-likeness (QED) is 0.623. The Kier molecular flexibility index (Phi) is 7.11. The Bertz CT molecular complexity index is 161. The summed E-state index contributed by atoms with van der Waals surface area (Å²) in [6, 6.07) is 0. The maximum absolute atomic E-state index is 2.68. The summed E-state index contributed by atoms with van der Waals surface area (Å²) in [5.41, 5.74) is 0. The van der Waals surface area contributed by atoms with E-state index in [0.29, 0.717) is 0 Å². The van der Waals surface area contributed by atoms with Crippen LogP contribution in [0.4, 0.5) is 0 Å². The van der Waals surface area contributed by atoms with Crippen molar-refractivity contribution in [3.8, 4) is 0 Å². The average Bonchev–Trinajstić information content (AvgIpc) is 2.35. The van der Waals surface area contributed by atoms with Gasteiger partial charge in [0, 0.05) is 6.54 Å². The van der Waals surface area contributed by atoms with E-state index in [2.05, 4.69) is 25.7 Å². The molecule has 1 aliphatic rings. The van der Waals surface area contributed by atoms with Crippen molar-refractivity contribution in [2.24, 2.45) is 11.8 Å². The Balaban J connectivity index is 2.19. The van der Waals surface area contributed by atoms with Crippen LogP contribution in [0.2, 0.25) is 0 Å². The first-order valence-electron chi connectivity index (χ1n) is 7.48.